The van der Waals surface area contributed by atoms with Crippen LogP contribution < -0.4 is 16.4 Å². The van der Waals surface area contributed by atoms with E-state index in [1.807, 2.05) is 24.3 Å². The number of benzene rings is 1. The van der Waals surface area contributed by atoms with Gasteiger partial charge in [-0.25, -0.2) is 4.79 Å². The van der Waals surface area contributed by atoms with E-state index >= 15 is 0 Å². The molecule has 1 unspecified atom stereocenters. The van der Waals surface area contributed by atoms with Crippen LogP contribution in [0.5, 0.6) is 0 Å². The SMILES string of the molecule is NC(=O)c1ccsc1NC(=O)CN1C(=O)NC2(CCCCc3ccccc32)C1=O. The van der Waals surface area contributed by atoms with Crippen molar-refractivity contribution in [1.29, 1.82) is 0 Å². The molecule has 0 radical (unpaired) electrons. The Morgan fingerprint density at radius 1 is 1.21 bits per heavy atom. The summed E-state index contributed by atoms with van der Waals surface area (Å²) in [4.78, 5) is 50.8. The normalized spacial score (nSPS) is 20.9. The smallest absolute Gasteiger partial charge is 0.325 e. The second kappa shape index (κ2) is 7.32. The first-order valence-electron chi connectivity index (χ1n) is 9.32. The first-order chi connectivity index (χ1) is 13.9. The van der Waals surface area contributed by atoms with E-state index in [9.17, 15) is 19.2 Å². The molecule has 150 valence electrons. The second-order valence-corrected chi connectivity index (χ2v) is 8.08. The van der Waals surface area contributed by atoms with Crippen LogP contribution in [-0.2, 0) is 21.5 Å². The summed E-state index contributed by atoms with van der Waals surface area (Å²) in [7, 11) is 0. The van der Waals surface area contributed by atoms with E-state index in [1.54, 1.807) is 5.38 Å². The van der Waals surface area contributed by atoms with Crippen molar-refractivity contribution in [3.8, 4) is 0 Å². The number of nitrogens with zero attached hydrogens (tertiary/aromatic N) is 1. The lowest BCUT2D eigenvalue weighted by atomic mass is 9.84. The van der Waals surface area contributed by atoms with Gasteiger partial charge in [0.1, 0.15) is 17.1 Å². The van der Waals surface area contributed by atoms with E-state index in [2.05, 4.69) is 10.6 Å². The molecule has 1 aromatic carbocycles. The predicted molar refractivity (Wildman–Crippen MR) is 107 cm³/mol. The number of amides is 5. The highest BCUT2D eigenvalue weighted by Crippen LogP contribution is 2.39. The molecule has 1 atom stereocenters. The van der Waals surface area contributed by atoms with Crippen molar-refractivity contribution in [2.75, 3.05) is 11.9 Å². The zero-order chi connectivity index (χ0) is 20.6. The van der Waals surface area contributed by atoms with Crippen LogP contribution in [0.25, 0.3) is 0 Å². The maximum Gasteiger partial charge on any atom is 0.325 e. The lowest BCUT2D eigenvalue weighted by Crippen LogP contribution is -2.44. The molecule has 0 bridgehead atoms. The van der Waals surface area contributed by atoms with Crippen LogP contribution in [0.4, 0.5) is 9.80 Å². The van der Waals surface area contributed by atoms with E-state index < -0.39 is 35.8 Å². The molecule has 4 N–H and O–H groups in total. The number of imide groups is 1. The molecule has 2 heterocycles. The summed E-state index contributed by atoms with van der Waals surface area (Å²) in [5, 5.41) is 7.33. The molecule has 1 saturated heterocycles. The van der Waals surface area contributed by atoms with Crippen molar-refractivity contribution in [3.63, 3.8) is 0 Å². The van der Waals surface area contributed by atoms with E-state index in [0.717, 1.165) is 46.6 Å². The number of primary amides is 1. The number of aryl methyl sites for hydroxylation is 1. The fourth-order valence-electron chi connectivity index (χ4n) is 4.03. The van der Waals surface area contributed by atoms with Crippen LogP contribution >= 0.6 is 11.3 Å². The third kappa shape index (κ3) is 3.27. The number of fused-ring (bicyclic) bond motifs is 2. The van der Waals surface area contributed by atoms with Gasteiger partial charge in [0.05, 0.1) is 5.56 Å². The number of rotatable bonds is 4. The molecule has 2 aliphatic rings. The highest BCUT2D eigenvalue weighted by Gasteiger charge is 2.53. The Balaban J connectivity index is 1.57. The molecule has 4 rings (SSSR count). The van der Waals surface area contributed by atoms with Crippen molar-refractivity contribution >= 4 is 40.1 Å². The number of carbonyl (C=O) groups excluding carboxylic acids is 4. The van der Waals surface area contributed by atoms with E-state index in [0.29, 0.717) is 11.4 Å². The first kappa shape index (κ1) is 19.1. The average molecular weight is 412 g/mol. The highest BCUT2D eigenvalue weighted by atomic mass is 32.1. The minimum atomic E-state index is -1.13. The molecule has 29 heavy (non-hydrogen) atoms. The molecule has 1 fully saturated rings. The van der Waals surface area contributed by atoms with Crippen LogP contribution in [0.2, 0.25) is 0 Å². The van der Waals surface area contributed by atoms with Gasteiger partial charge in [0.25, 0.3) is 11.8 Å². The Morgan fingerprint density at radius 2 is 2.00 bits per heavy atom. The van der Waals surface area contributed by atoms with Gasteiger partial charge in [0.2, 0.25) is 5.91 Å². The molecule has 5 amide bonds. The van der Waals surface area contributed by atoms with Crippen LogP contribution in [0, 0.1) is 0 Å². The Morgan fingerprint density at radius 3 is 2.79 bits per heavy atom. The fraction of sp³-hybridized carbons (Fsp3) is 0.300. The van der Waals surface area contributed by atoms with E-state index in [4.69, 9.17) is 5.73 Å². The summed E-state index contributed by atoms with van der Waals surface area (Å²) in [5.41, 5.74) is 6.18. The second-order valence-electron chi connectivity index (χ2n) is 7.17. The van der Waals surface area contributed by atoms with Crippen molar-refractivity contribution in [1.82, 2.24) is 10.2 Å². The molecular weight excluding hydrogens is 392 g/mol. The molecule has 9 heteroatoms. The lowest BCUT2D eigenvalue weighted by Gasteiger charge is -2.27. The Kier molecular flexibility index (Phi) is 4.83. The zero-order valence-electron chi connectivity index (χ0n) is 15.6. The van der Waals surface area contributed by atoms with E-state index in [1.165, 1.54) is 6.07 Å². The van der Waals surface area contributed by atoms with Gasteiger partial charge in [0, 0.05) is 0 Å². The van der Waals surface area contributed by atoms with Crippen LogP contribution in [0.3, 0.4) is 0 Å². The highest BCUT2D eigenvalue weighted by molar-refractivity contribution is 7.14. The van der Waals surface area contributed by atoms with Crippen LogP contribution in [0.1, 0.15) is 40.7 Å². The number of anilines is 1. The van der Waals surface area contributed by atoms with Gasteiger partial charge < -0.3 is 16.4 Å². The molecule has 2 aromatic rings. The van der Waals surface area contributed by atoms with Gasteiger partial charge in [-0.15, -0.1) is 11.3 Å². The number of hydrogen-bond donors (Lipinski definition) is 3. The van der Waals surface area contributed by atoms with Gasteiger partial charge in [-0.1, -0.05) is 24.3 Å². The van der Waals surface area contributed by atoms with Crippen LogP contribution in [-0.4, -0.2) is 35.2 Å². The standard InChI is InChI=1S/C20H20N4O4S/c21-16(26)13-8-10-29-17(13)22-15(25)11-24-18(27)20(23-19(24)28)9-4-3-6-12-5-1-2-7-14(12)20/h1-2,5,7-8,10H,3-4,6,9,11H2,(H2,21,26)(H,22,25)(H,23,28). The summed E-state index contributed by atoms with van der Waals surface area (Å²) in [6.07, 6.45) is 3.05. The fourth-order valence-corrected chi connectivity index (χ4v) is 4.84. The molecule has 1 aromatic heterocycles. The monoisotopic (exact) mass is 412 g/mol. The van der Waals surface area contributed by atoms with Crippen LogP contribution in [0.15, 0.2) is 35.7 Å². The summed E-state index contributed by atoms with van der Waals surface area (Å²) in [6, 6.07) is 8.52. The van der Waals surface area contributed by atoms with Gasteiger partial charge >= 0.3 is 6.03 Å². The summed E-state index contributed by atoms with van der Waals surface area (Å²) < 4.78 is 0. The first-order valence-corrected chi connectivity index (χ1v) is 10.2. The van der Waals surface area contributed by atoms with Crippen molar-refractivity contribution in [2.45, 2.75) is 31.2 Å². The van der Waals surface area contributed by atoms with Gasteiger partial charge in [-0.05, 0) is 48.3 Å². The number of nitrogens with two attached hydrogens (primary N) is 1. The predicted octanol–water partition coefficient (Wildman–Crippen LogP) is 1.96. The Labute approximate surface area is 171 Å². The zero-order valence-corrected chi connectivity index (χ0v) is 16.4. The third-order valence-electron chi connectivity index (χ3n) is 5.39. The maximum absolute atomic E-state index is 13.3. The lowest BCUT2D eigenvalue weighted by molar-refractivity contribution is -0.134. The number of nitrogens with one attached hydrogen (secondary N) is 2. The topological polar surface area (TPSA) is 122 Å². The average Bonchev–Trinajstić information content (AvgIpc) is 3.18. The largest absolute Gasteiger partial charge is 0.366 e. The third-order valence-corrected chi connectivity index (χ3v) is 6.22. The van der Waals surface area contributed by atoms with Crippen molar-refractivity contribution in [2.24, 2.45) is 5.73 Å². The Hall–Kier alpha value is -3.20. The van der Waals surface area contributed by atoms with Crippen molar-refractivity contribution < 1.29 is 19.2 Å². The summed E-state index contributed by atoms with van der Waals surface area (Å²) in [6.45, 7) is -0.440. The maximum atomic E-state index is 13.3. The number of hydrogen-bond acceptors (Lipinski definition) is 5. The minimum Gasteiger partial charge on any atom is -0.366 e. The van der Waals surface area contributed by atoms with E-state index in [-0.39, 0.29) is 5.56 Å². The van der Waals surface area contributed by atoms with Gasteiger partial charge in [-0.3, -0.25) is 19.3 Å². The van der Waals surface area contributed by atoms with Gasteiger partial charge in [0.15, 0.2) is 0 Å². The summed E-state index contributed by atoms with van der Waals surface area (Å²) in [5.74, 6) is -1.66. The Bertz CT molecular complexity index is 1020. The molecule has 8 nitrogen and oxygen atoms in total. The number of carbonyl (C=O) groups is 4. The molecule has 1 spiro atoms. The molecule has 1 aliphatic heterocycles. The molecular formula is C20H20N4O4S. The number of thiophene rings is 1. The molecule has 0 saturated carbocycles. The molecule has 1 aliphatic carbocycles. The van der Waals surface area contributed by atoms with Crippen molar-refractivity contribution in [3.05, 3.63) is 52.4 Å². The van der Waals surface area contributed by atoms with Gasteiger partial charge in [-0.2, -0.15) is 0 Å². The quantitative estimate of drug-likeness (QED) is 0.665. The number of urea groups is 1. The minimum absolute atomic E-state index is 0.190. The summed E-state index contributed by atoms with van der Waals surface area (Å²) >= 11 is 1.14.